The third kappa shape index (κ3) is 3.91. The topological polar surface area (TPSA) is 79.3 Å². The minimum absolute atomic E-state index is 0.193. The van der Waals surface area contributed by atoms with Gasteiger partial charge in [-0.1, -0.05) is 13.0 Å². The highest BCUT2D eigenvalue weighted by Gasteiger charge is 2.37. The molecule has 5 nitrogen and oxygen atoms in total. The largest absolute Gasteiger partial charge is 0.478 e. The molecule has 1 aromatic heterocycles. The lowest BCUT2D eigenvalue weighted by molar-refractivity contribution is -0.131. The standard InChI is InChI=1S/C14H16N2O3/c1-14(6-7-14)9-16-13(19)11-4-2-10(8-15-11)3-5-12(17)18/h2-5,8H,6-7,9H2,1H3,(H,16,19)(H,17,18)/b5-3+. The molecule has 19 heavy (non-hydrogen) atoms. The molecule has 2 N–H and O–H groups in total. The van der Waals surface area contributed by atoms with Crippen molar-refractivity contribution >= 4 is 18.0 Å². The molecule has 0 aromatic carbocycles. The lowest BCUT2D eigenvalue weighted by atomic mass is 10.1. The maximum Gasteiger partial charge on any atom is 0.328 e. The summed E-state index contributed by atoms with van der Waals surface area (Å²) >= 11 is 0. The van der Waals surface area contributed by atoms with Gasteiger partial charge in [0.15, 0.2) is 0 Å². The van der Waals surface area contributed by atoms with Gasteiger partial charge in [-0.2, -0.15) is 0 Å². The summed E-state index contributed by atoms with van der Waals surface area (Å²) in [6, 6.07) is 3.26. The number of rotatable bonds is 5. The van der Waals surface area contributed by atoms with Crippen LogP contribution in [-0.2, 0) is 4.79 Å². The van der Waals surface area contributed by atoms with E-state index in [4.69, 9.17) is 5.11 Å². The zero-order chi connectivity index (χ0) is 13.9. The lowest BCUT2D eigenvalue weighted by Crippen LogP contribution is -2.29. The minimum atomic E-state index is -1.01. The van der Waals surface area contributed by atoms with Crippen molar-refractivity contribution in [2.24, 2.45) is 5.41 Å². The fourth-order valence-electron chi connectivity index (χ4n) is 1.58. The molecule has 5 heteroatoms. The fourth-order valence-corrected chi connectivity index (χ4v) is 1.58. The fraction of sp³-hybridized carbons (Fsp3) is 0.357. The van der Waals surface area contributed by atoms with Crippen molar-refractivity contribution in [1.29, 1.82) is 0 Å². The molecule has 0 aliphatic heterocycles. The SMILES string of the molecule is CC1(CNC(=O)c2ccc(/C=C/C(=O)O)cn2)CC1. The van der Waals surface area contributed by atoms with Crippen LogP contribution in [-0.4, -0.2) is 28.5 Å². The Morgan fingerprint density at radius 1 is 1.47 bits per heavy atom. The molecule has 1 fully saturated rings. The van der Waals surface area contributed by atoms with Crippen LogP contribution in [0.5, 0.6) is 0 Å². The number of aromatic nitrogens is 1. The molecule has 0 bridgehead atoms. The predicted molar refractivity (Wildman–Crippen MR) is 70.6 cm³/mol. The second-order valence-electron chi connectivity index (χ2n) is 5.14. The first-order valence-corrected chi connectivity index (χ1v) is 6.14. The van der Waals surface area contributed by atoms with Crippen LogP contribution >= 0.6 is 0 Å². The van der Waals surface area contributed by atoms with Gasteiger partial charge in [-0.15, -0.1) is 0 Å². The molecular weight excluding hydrogens is 244 g/mol. The summed E-state index contributed by atoms with van der Waals surface area (Å²) in [5.41, 5.74) is 1.25. The van der Waals surface area contributed by atoms with Gasteiger partial charge in [0.25, 0.3) is 5.91 Å². The molecule has 1 saturated carbocycles. The second kappa shape index (κ2) is 5.22. The van der Waals surface area contributed by atoms with Crippen molar-refractivity contribution < 1.29 is 14.7 Å². The van der Waals surface area contributed by atoms with E-state index in [9.17, 15) is 9.59 Å². The van der Waals surface area contributed by atoms with E-state index in [0.717, 1.165) is 18.9 Å². The number of carbonyl (C=O) groups is 2. The minimum Gasteiger partial charge on any atom is -0.478 e. The van der Waals surface area contributed by atoms with Crippen LogP contribution in [0, 0.1) is 5.41 Å². The van der Waals surface area contributed by atoms with Crippen LogP contribution < -0.4 is 5.32 Å². The summed E-state index contributed by atoms with van der Waals surface area (Å²) in [5.74, 6) is -1.21. The van der Waals surface area contributed by atoms with Gasteiger partial charge in [-0.25, -0.2) is 4.79 Å². The van der Waals surface area contributed by atoms with Crippen LogP contribution in [0.4, 0.5) is 0 Å². The van der Waals surface area contributed by atoms with Crippen LogP contribution in [0.15, 0.2) is 24.4 Å². The molecule has 100 valence electrons. The number of pyridine rings is 1. The van der Waals surface area contributed by atoms with Gasteiger partial charge < -0.3 is 10.4 Å². The number of carboxylic acid groups (broad SMARTS) is 1. The van der Waals surface area contributed by atoms with E-state index < -0.39 is 5.97 Å². The third-order valence-corrected chi connectivity index (χ3v) is 3.22. The number of aliphatic carboxylic acids is 1. The van der Waals surface area contributed by atoms with Gasteiger partial charge in [0.05, 0.1) is 0 Å². The Labute approximate surface area is 111 Å². The summed E-state index contributed by atoms with van der Waals surface area (Å²) in [4.78, 5) is 26.2. The number of hydrogen-bond donors (Lipinski definition) is 2. The first kappa shape index (κ1) is 13.3. The highest BCUT2D eigenvalue weighted by molar-refractivity contribution is 5.92. The summed E-state index contributed by atoms with van der Waals surface area (Å²) in [7, 11) is 0. The van der Waals surface area contributed by atoms with Gasteiger partial charge in [-0.05, 0) is 36.0 Å². The first-order chi connectivity index (χ1) is 8.98. The van der Waals surface area contributed by atoms with Crippen LogP contribution in [0.25, 0.3) is 6.08 Å². The van der Waals surface area contributed by atoms with Crippen molar-refractivity contribution in [3.05, 3.63) is 35.7 Å². The molecule has 0 saturated heterocycles. The Hall–Kier alpha value is -2.17. The number of carbonyl (C=O) groups excluding carboxylic acids is 1. The normalized spacial score (nSPS) is 16.3. The molecular formula is C14H16N2O3. The maximum absolute atomic E-state index is 11.8. The van der Waals surface area contributed by atoms with Crippen molar-refractivity contribution in [2.45, 2.75) is 19.8 Å². The van der Waals surface area contributed by atoms with Gasteiger partial charge >= 0.3 is 5.97 Å². The van der Waals surface area contributed by atoms with Crippen molar-refractivity contribution in [1.82, 2.24) is 10.3 Å². The van der Waals surface area contributed by atoms with Gasteiger partial charge in [0.2, 0.25) is 0 Å². The van der Waals surface area contributed by atoms with Gasteiger partial charge in [0, 0.05) is 18.8 Å². The molecule has 0 spiro atoms. The molecule has 1 aliphatic carbocycles. The van der Waals surface area contributed by atoms with Crippen molar-refractivity contribution in [3.63, 3.8) is 0 Å². The van der Waals surface area contributed by atoms with E-state index in [1.54, 1.807) is 12.1 Å². The highest BCUT2D eigenvalue weighted by Crippen LogP contribution is 2.44. The quantitative estimate of drug-likeness (QED) is 0.790. The number of carboxylic acids is 1. The Morgan fingerprint density at radius 2 is 2.21 bits per heavy atom. The lowest BCUT2D eigenvalue weighted by Gasteiger charge is -2.09. The number of nitrogens with zero attached hydrogens (tertiary/aromatic N) is 1. The van der Waals surface area contributed by atoms with Gasteiger partial charge in [0.1, 0.15) is 5.69 Å². The maximum atomic E-state index is 11.8. The Kier molecular flexibility index (Phi) is 3.64. The highest BCUT2D eigenvalue weighted by atomic mass is 16.4. The summed E-state index contributed by atoms with van der Waals surface area (Å²) in [6.45, 7) is 2.81. The molecule has 0 radical (unpaired) electrons. The summed E-state index contributed by atoms with van der Waals surface area (Å²) < 4.78 is 0. The van der Waals surface area contributed by atoms with E-state index in [2.05, 4.69) is 17.2 Å². The zero-order valence-electron chi connectivity index (χ0n) is 10.7. The van der Waals surface area contributed by atoms with Crippen LogP contribution in [0.3, 0.4) is 0 Å². The second-order valence-corrected chi connectivity index (χ2v) is 5.14. The summed E-state index contributed by atoms with van der Waals surface area (Å²) in [6.07, 6.45) is 6.25. The number of amides is 1. The molecule has 0 atom stereocenters. The molecule has 1 amide bonds. The van der Waals surface area contributed by atoms with Crippen LogP contribution in [0.2, 0.25) is 0 Å². The van der Waals surface area contributed by atoms with E-state index in [1.807, 2.05) is 0 Å². The third-order valence-electron chi connectivity index (χ3n) is 3.22. The number of nitrogens with one attached hydrogen (secondary N) is 1. The van der Waals surface area contributed by atoms with E-state index in [1.165, 1.54) is 12.3 Å². The molecule has 1 aromatic rings. The van der Waals surface area contributed by atoms with E-state index in [-0.39, 0.29) is 11.3 Å². The monoisotopic (exact) mass is 260 g/mol. The molecule has 1 heterocycles. The van der Waals surface area contributed by atoms with E-state index in [0.29, 0.717) is 17.8 Å². The Bertz CT molecular complexity index is 516. The van der Waals surface area contributed by atoms with Gasteiger partial charge in [-0.3, -0.25) is 9.78 Å². The summed E-state index contributed by atoms with van der Waals surface area (Å²) in [5, 5.41) is 11.4. The predicted octanol–water partition coefficient (Wildman–Crippen LogP) is 1.71. The molecule has 2 rings (SSSR count). The first-order valence-electron chi connectivity index (χ1n) is 6.14. The number of hydrogen-bond acceptors (Lipinski definition) is 3. The van der Waals surface area contributed by atoms with Crippen molar-refractivity contribution in [2.75, 3.05) is 6.54 Å². The smallest absolute Gasteiger partial charge is 0.328 e. The molecule has 0 unspecified atom stereocenters. The van der Waals surface area contributed by atoms with E-state index >= 15 is 0 Å². The average Bonchev–Trinajstić information content (AvgIpc) is 3.13. The molecule has 1 aliphatic rings. The Morgan fingerprint density at radius 3 is 2.74 bits per heavy atom. The zero-order valence-corrected chi connectivity index (χ0v) is 10.7. The average molecular weight is 260 g/mol. The van der Waals surface area contributed by atoms with Crippen molar-refractivity contribution in [3.8, 4) is 0 Å². The van der Waals surface area contributed by atoms with Crippen LogP contribution in [0.1, 0.15) is 35.8 Å². The Balaban J connectivity index is 1.93.